The van der Waals surface area contributed by atoms with Gasteiger partial charge >= 0.3 is 198 Å². The number of benzene rings is 2. The predicted molar refractivity (Wildman–Crippen MR) is 110 cm³/mol. The summed E-state index contributed by atoms with van der Waals surface area (Å²) >= 11 is 21.4. The Hall–Kier alpha value is 2.40. The molecule has 0 amide bonds. The van der Waals surface area contributed by atoms with Gasteiger partial charge in [-0.25, -0.2) is 0 Å². The Morgan fingerprint density at radius 3 is 1.14 bits per heavy atom. The molecule has 2 aromatic rings. The summed E-state index contributed by atoms with van der Waals surface area (Å²) in [6.07, 6.45) is 0.907. The van der Waals surface area contributed by atoms with E-state index in [0.29, 0.717) is 0 Å². The maximum atomic E-state index is 6.39. The Bertz CT molecular complexity index is 695. The minimum atomic E-state index is 0.907. The molecule has 0 aromatic heterocycles. The van der Waals surface area contributed by atoms with Crippen LogP contribution < -0.4 is 40.4 Å². The monoisotopic (exact) mass is 821 g/mol. The quantitative estimate of drug-likeness (QED) is 0.206. The van der Waals surface area contributed by atoms with Gasteiger partial charge in [0.15, 0.2) is 0 Å². The standard InChI is InChI=1S/C13H10OSe8/c15-6-2-1-3-5(9(18)13(22)11(20)7(3)16)14-4(2)8(17)12(21)10(6)19/h15-22H,1H2. The van der Waals surface area contributed by atoms with Crippen molar-refractivity contribution in [2.45, 2.75) is 6.42 Å². The summed E-state index contributed by atoms with van der Waals surface area (Å²) in [5.41, 5.74) is 2.55. The Kier molecular flexibility index (Phi) is 6.26. The van der Waals surface area contributed by atoms with Crippen LogP contribution in [-0.2, 0) is 6.42 Å². The van der Waals surface area contributed by atoms with E-state index in [9.17, 15) is 0 Å². The molecule has 1 nitrogen and oxygen atoms in total. The number of hydrogen-bond donors (Lipinski definition) is 0. The van der Waals surface area contributed by atoms with E-state index in [4.69, 9.17) is 4.74 Å². The molecular formula is C13H10OSe8. The van der Waals surface area contributed by atoms with Crippen molar-refractivity contribution in [3.63, 3.8) is 0 Å². The van der Waals surface area contributed by atoms with Crippen LogP contribution in [0.3, 0.4) is 0 Å². The summed E-state index contributed by atoms with van der Waals surface area (Å²) in [4.78, 5) is 0. The summed E-state index contributed by atoms with van der Waals surface area (Å²) in [6.45, 7) is 0. The zero-order valence-electron chi connectivity index (χ0n) is 10.7. The molecule has 2 aromatic carbocycles. The molecule has 9 heteroatoms. The summed E-state index contributed by atoms with van der Waals surface area (Å²) < 4.78 is 16.1. The number of fused-ring (bicyclic) bond motifs is 2. The van der Waals surface area contributed by atoms with Crippen molar-refractivity contribution in [2.75, 3.05) is 0 Å². The Balaban J connectivity index is 2.32. The van der Waals surface area contributed by atoms with Gasteiger partial charge in [-0.05, 0) is 0 Å². The third kappa shape index (κ3) is 3.01. The van der Waals surface area contributed by atoms with Crippen molar-refractivity contribution in [3.05, 3.63) is 11.1 Å². The van der Waals surface area contributed by atoms with Gasteiger partial charge in [0.05, 0.1) is 0 Å². The second-order valence-corrected chi connectivity index (χ2v) is 12.2. The maximum absolute atomic E-state index is 6.39. The molecular weight excluding hydrogens is 804 g/mol. The summed E-state index contributed by atoms with van der Waals surface area (Å²) in [5.74, 6) is 2.00. The first-order chi connectivity index (χ1) is 10.3. The molecule has 22 heavy (non-hydrogen) atoms. The molecule has 1 aliphatic heterocycles. The molecule has 0 unspecified atom stereocenters. The van der Waals surface area contributed by atoms with E-state index in [0.717, 1.165) is 26.8 Å². The second kappa shape index (κ2) is 7.19. The van der Waals surface area contributed by atoms with Crippen LogP contribution in [0.5, 0.6) is 11.5 Å². The van der Waals surface area contributed by atoms with Crippen molar-refractivity contribution >= 4 is 164 Å². The van der Waals surface area contributed by atoms with Gasteiger partial charge in [0, 0.05) is 0 Å². The van der Waals surface area contributed by atoms with Crippen LogP contribution in [0.2, 0.25) is 0 Å². The first kappa shape index (κ1) is 19.2. The fraction of sp³-hybridized carbons (Fsp3) is 0.0769. The molecule has 1 aliphatic rings. The van der Waals surface area contributed by atoms with Crippen molar-refractivity contribution in [1.29, 1.82) is 0 Å². The average molecular weight is 814 g/mol. The predicted octanol–water partition coefficient (Wildman–Crippen LogP) is -8.41. The number of hydrogen-bond acceptors (Lipinski definition) is 1. The van der Waals surface area contributed by atoms with E-state index in [1.165, 1.54) is 37.9 Å². The van der Waals surface area contributed by atoms with Crippen LogP contribution in [-0.4, -0.2) is 128 Å². The van der Waals surface area contributed by atoms with Gasteiger partial charge in [-0.2, -0.15) is 0 Å². The van der Waals surface area contributed by atoms with Gasteiger partial charge in [0.2, 0.25) is 0 Å². The molecule has 0 bridgehead atoms. The second-order valence-electron chi connectivity index (χ2n) is 4.68. The number of rotatable bonds is 0. The molecule has 0 saturated carbocycles. The molecule has 1 heterocycles. The Labute approximate surface area is 194 Å². The van der Waals surface area contributed by atoms with Crippen LogP contribution in [0, 0.1) is 0 Å². The van der Waals surface area contributed by atoms with E-state index in [1.54, 1.807) is 0 Å². The average Bonchev–Trinajstić information content (AvgIpc) is 2.52. The van der Waals surface area contributed by atoms with Gasteiger partial charge in [-0.3, -0.25) is 0 Å². The van der Waals surface area contributed by atoms with Gasteiger partial charge in [0.1, 0.15) is 0 Å². The molecule has 0 fully saturated rings. The SMILES string of the molecule is [SeH]c1c([SeH])c([SeH])c2c(c1[SeH])Cc1c([SeH])c([SeH])c([SeH])c([SeH])c1O2. The van der Waals surface area contributed by atoms with Crippen LogP contribution in [0.4, 0.5) is 0 Å². The van der Waals surface area contributed by atoms with Crippen LogP contribution >= 0.6 is 0 Å². The van der Waals surface area contributed by atoms with E-state index < -0.39 is 0 Å². The molecule has 3 rings (SSSR count). The molecule has 0 atom stereocenters. The minimum absolute atomic E-state index is 0.907. The third-order valence-electron chi connectivity index (χ3n) is 3.45. The number of ether oxygens (including phenoxy) is 1. The first-order valence-electron chi connectivity index (χ1n) is 5.90. The topological polar surface area (TPSA) is 9.23 Å². The van der Waals surface area contributed by atoms with E-state index in [1.807, 2.05) is 0 Å². The molecule has 0 radical (unpaired) electrons. The fourth-order valence-electron chi connectivity index (χ4n) is 2.28. The van der Waals surface area contributed by atoms with E-state index in [-0.39, 0.29) is 0 Å². The fourth-order valence-corrected chi connectivity index (χ4v) is 8.32. The molecule has 0 spiro atoms. The van der Waals surface area contributed by atoms with Crippen LogP contribution in [0.25, 0.3) is 0 Å². The van der Waals surface area contributed by atoms with Gasteiger partial charge in [0.25, 0.3) is 0 Å². The van der Waals surface area contributed by atoms with Crippen molar-refractivity contribution < 1.29 is 4.74 Å². The zero-order valence-corrected chi connectivity index (χ0v) is 25.7. The van der Waals surface area contributed by atoms with Crippen molar-refractivity contribution in [1.82, 2.24) is 0 Å². The Morgan fingerprint density at radius 1 is 0.455 bits per heavy atom. The molecule has 0 aliphatic carbocycles. The summed E-state index contributed by atoms with van der Waals surface area (Å²) in [6, 6.07) is 0. The summed E-state index contributed by atoms with van der Waals surface area (Å²) in [5, 5.41) is 0. The van der Waals surface area contributed by atoms with Crippen LogP contribution in [0.1, 0.15) is 11.1 Å². The molecule has 116 valence electrons. The van der Waals surface area contributed by atoms with Gasteiger partial charge < -0.3 is 0 Å². The van der Waals surface area contributed by atoms with E-state index >= 15 is 0 Å². The summed E-state index contributed by atoms with van der Waals surface area (Å²) in [7, 11) is 0. The van der Waals surface area contributed by atoms with Gasteiger partial charge in [-0.15, -0.1) is 0 Å². The van der Waals surface area contributed by atoms with Crippen molar-refractivity contribution in [3.8, 4) is 11.5 Å². The molecule has 0 N–H and O–H groups in total. The van der Waals surface area contributed by atoms with Crippen LogP contribution in [0.15, 0.2) is 0 Å². The van der Waals surface area contributed by atoms with Crippen molar-refractivity contribution in [2.24, 2.45) is 0 Å². The third-order valence-corrected chi connectivity index (χ3v) is 16.1. The first-order valence-corrected chi connectivity index (χ1v) is 13.4. The van der Waals surface area contributed by atoms with Gasteiger partial charge in [-0.1, -0.05) is 0 Å². The zero-order chi connectivity index (χ0) is 16.3. The molecule has 0 saturated heterocycles. The van der Waals surface area contributed by atoms with E-state index in [2.05, 4.69) is 128 Å². The normalized spacial score (nSPS) is 12.7. The Morgan fingerprint density at radius 2 is 0.773 bits per heavy atom.